The van der Waals surface area contributed by atoms with Crippen LogP contribution in [-0.4, -0.2) is 13.1 Å². The smallest absolute Gasteiger partial charge is 0.0452 e. The molecule has 1 unspecified atom stereocenters. The Morgan fingerprint density at radius 1 is 1.38 bits per heavy atom. The van der Waals surface area contributed by atoms with Crippen molar-refractivity contribution in [1.29, 1.82) is 0 Å². The second kappa shape index (κ2) is 5.83. The van der Waals surface area contributed by atoms with Crippen molar-refractivity contribution in [1.82, 2.24) is 5.32 Å². The van der Waals surface area contributed by atoms with Gasteiger partial charge in [0, 0.05) is 19.1 Å². The molecule has 0 bridgehead atoms. The van der Waals surface area contributed by atoms with E-state index < -0.39 is 0 Å². The van der Waals surface area contributed by atoms with E-state index in [2.05, 4.69) is 43.9 Å². The Balaban J connectivity index is 2.90. The van der Waals surface area contributed by atoms with Crippen molar-refractivity contribution in [3.63, 3.8) is 0 Å². The van der Waals surface area contributed by atoms with Crippen LogP contribution in [0.3, 0.4) is 0 Å². The van der Waals surface area contributed by atoms with Crippen molar-refractivity contribution >= 4 is 0 Å². The van der Waals surface area contributed by atoms with Gasteiger partial charge in [0.05, 0.1) is 0 Å². The molecule has 0 saturated heterocycles. The number of aryl methyl sites for hydroxylation is 2. The van der Waals surface area contributed by atoms with E-state index in [-0.39, 0.29) is 6.04 Å². The van der Waals surface area contributed by atoms with E-state index in [9.17, 15) is 0 Å². The Bertz CT molecular complexity index is 349. The molecule has 3 N–H and O–H groups in total. The quantitative estimate of drug-likeness (QED) is 0.745. The van der Waals surface area contributed by atoms with Gasteiger partial charge in [-0.1, -0.05) is 30.4 Å². The largest absolute Gasteiger partial charge is 0.329 e. The highest BCUT2D eigenvalue weighted by atomic mass is 14.9. The lowest BCUT2D eigenvalue weighted by Gasteiger charge is -2.21. The summed E-state index contributed by atoms with van der Waals surface area (Å²) in [6, 6.07) is 6.57. The van der Waals surface area contributed by atoms with E-state index >= 15 is 0 Å². The zero-order valence-corrected chi connectivity index (χ0v) is 10.5. The third kappa shape index (κ3) is 3.19. The molecular formula is C14H22N2. The summed E-state index contributed by atoms with van der Waals surface area (Å²) in [5, 5.41) is 3.44. The van der Waals surface area contributed by atoms with Gasteiger partial charge in [-0.25, -0.2) is 0 Å². The van der Waals surface area contributed by atoms with Gasteiger partial charge in [0.15, 0.2) is 0 Å². The Kier molecular flexibility index (Phi) is 4.71. The minimum atomic E-state index is 0.220. The summed E-state index contributed by atoms with van der Waals surface area (Å²) in [5.41, 5.74) is 10.9. The minimum Gasteiger partial charge on any atom is -0.329 e. The van der Waals surface area contributed by atoms with E-state index in [0.717, 1.165) is 12.1 Å². The predicted octanol–water partition coefficient (Wildman–Crippen LogP) is 2.47. The van der Waals surface area contributed by atoms with Crippen molar-refractivity contribution in [3.05, 3.63) is 47.0 Å². The standard InChI is InChI=1S/C14H22N2/c1-10(2)9-16-13(8-15)14-11(3)6-5-7-12(14)4/h5-7,13,16H,1,8-9,15H2,2-4H3. The molecule has 0 spiro atoms. The van der Waals surface area contributed by atoms with Gasteiger partial charge >= 0.3 is 0 Å². The number of nitrogens with two attached hydrogens (primary N) is 1. The monoisotopic (exact) mass is 218 g/mol. The molecule has 0 aliphatic carbocycles. The number of benzene rings is 1. The van der Waals surface area contributed by atoms with Crippen LogP contribution in [0.2, 0.25) is 0 Å². The van der Waals surface area contributed by atoms with E-state index in [0.29, 0.717) is 6.54 Å². The van der Waals surface area contributed by atoms with Gasteiger partial charge in [-0.15, -0.1) is 0 Å². The molecule has 0 aliphatic heterocycles. The van der Waals surface area contributed by atoms with Crippen molar-refractivity contribution in [2.24, 2.45) is 5.73 Å². The van der Waals surface area contributed by atoms with E-state index in [4.69, 9.17) is 5.73 Å². The van der Waals surface area contributed by atoms with Gasteiger partial charge in [-0.2, -0.15) is 0 Å². The lowest BCUT2D eigenvalue weighted by atomic mass is 9.96. The number of rotatable bonds is 5. The van der Waals surface area contributed by atoms with Crippen LogP contribution >= 0.6 is 0 Å². The molecule has 0 heterocycles. The number of hydrogen-bond acceptors (Lipinski definition) is 2. The predicted molar refractivity (Wildman–Crippen MR) is 70.5 cm³/mol. The Hall–Kier alpha value is -1.12. The summed E-state index contributed by atoms with van der Waals surface area (Å²) < 4.78 is 0. The van der Waals surface area contributed by atoms with E-state index in [1.54, 1.807) is 0 Å². The average molecular weight is 218 g/mol. The molecule has 2 nitrogen and oxygen atoms in total. The first kappa shape index (κ1) is 12.9. The normalized spacial score (nSPS) is 12.5. The molecule has 1 atom stereocenters. The highest BCUT2D eigenvalue weighted by Crippen LogP contribution is 2.21. The molecule has 0 fully saturated rings. The second-order valence-electron chi connectivity index (χ2n) is 4.43. The summed E-state index contributed by atoms with van der Waals surface area (Å²) >= 11 is 0. The molecule has 88 valence electrons. The molecular weight excluding hydrogens is 196 g/mol. The molecule has 0 aromatic heterocycles. The fraction of sp³-hybridized carbons (Fsp3) is 0.429. The van der Waals surface area contributed by atoms with Crippen LogP contribution in [0.5, 0.6) is 0 Å². The minimum absolute atomic E-state index is 0.220. The van der Waals surface area contributed by atoms with Gasteiger partial charge < -0.3 is 11.1 Å². The Labute approximate surface area is 98.6 Å². The summed E-state index contributed by atoms with van der Waals surface area (Å²) in [4.78, 5) is 0. The van der Waals surface area contributed by atoms with Gasteiger partial charge in [0.2, 0.25) is 0 Å². The third-order valence-electron chi connectivity index (χ3n) is 2.78. The van der Waals surface area contributed by atoms with Crippen molar-refractivity contribution in [2.75, 3.05) is 13.1 Å². The van der Waals surface area contributed by atoms with Gasteiger partial charge in [-0.3, -0.25) is 0 Å². The van der Waals surface area contributed by atoms with Crippen LogP contribution in [0.25, 0.3) is 0 Å². The molecule has 0 amide bonds. The van der Waals surface area contributed by atoms with Gasteiger partial charge in [0.1, 0.15) is 0 Å². The maximum absolute atomic E-state index is 5.84. The highest BCUT2D eigenvalue weighted by Gasteiger charge is 2.13. The van der Waals surface area contributed by atoms with Gasteiger partial charge in [-0.05, 0) is 37.5 Å². The Morgan fingerprint density at radius 2 is 1.94 bits per heavy atom. The first-order valence-electron chi connectivity index (χ1n) is 5.70. The zero-order valence-electron chi connectivity index (χ0n) is 10.5. The maximum Gasteiger partial charge on any atom is 0.0452 e. The zero-order chi connectivity index (χ0) is 12.1. The highest BCUT2D eigenvalue weighted by molar-refractivity contribution is 5.36. The summed E-state index contributed by atoms with van der Waals surface area (Å²) in [6.45, 7) is 11.6. The van der Waals surface area contributed by atoms with Gasteiger partial charge in [0.25, 0.3) is 0 Å². The van der Waals surface area contributed by atoms with Crippen molar-refractivity contribution in [3.8, 4) is 0 Å². The van der Waals surface area contributed by atoms with Crippen molar-refractivity contribution in [2.45, 2.75) is 26.8 Å². The SMILES string of the molecule is C=C(C)CNC(CN)c1c(C)cccc1C. The molecule has 2 heteroatoms. The van der Waals surface area contributed by atoms with Crippen LogP contribution in [0.1, 0.15) is 29.7 Å². The molecule has 16 heavy (non-hydrogen) atoms. The summed E-state index contributed by atoms with van der Waals surface area (Å²) in [6.07, 6.45) is 0. The van der Waals surface area contributed by atoms with Crippen LogP contribution in [0.4, 0.5) is 0 Å². The third-order valence-corrected chi connectivity index (χ3v) is 2.78. The molecule has 0 aliphatic rings. The van der Waals surface area contributed by atoms with Crippen LogP contribution in [-0.2, 0) is 0 Å². The van der Waals surface area contributed by atoms with E-state index in [1.165, 1.54) is 16.7 Å². The molecule has 1 aromatic carbocycles. The molecule has 0 radical (unpaired) electrons. The first-order valence-corrected chi connectivity index (χ1v) is 5.70. The summed E-state index contributed by atoms with van der Waals surface area (Å²) in [5.74, 6) is 0. The molecule has 1 rings (SSSR count). The van der Waals surface area contributed by atoms with Crippen molar-refractivity contribution < 1.29 is 0 Å². The lowest BCUT2D eigenvalue weighted by Crippen LogP contribution is -2.30. The fourth-order valence-electron chi connectivity index (χ4n) is 1.98. The lowest BCUT2D eigenvalue weighted by molar-refractivity contribution is 0.564. The van der Waals surface area contributed by atoms with Crippen LogP contribution in [0, 0.1) is 13.8 Å². The summed E-state index contributed by atoms with van der Waals surface area (Å²) in [7, 11) is 0. The average Bonchev–Trinajstić information content (AvgIpc) is 2.22. The number of hydrogen-bond donors (Lipinski definition) is 2. The second-order valence-corrected chi connectivity index (χ2v) is 4.43. The molecule has 0 saturated carbocycles. The van der Waals surface area contributed by atoms with Crippen LogP contribution in [0.15, 0.2) is 30.4 Å². The Morgan fingerprint density at radius 3 is 2.38 bits per heavy atom. The van der Waals surface area contributed by atoms with Crippen LogP contribution < -0.4 is 11.1 Å². The van der Waals surface area contributed by atoms with E-state index in [1.807, 2.05) is 6.92 Å². The fourth-order valence-corrected chi connectivity index (χ4v) is 1.98. The number of nitrogens with one attached hydrogen (secondary N) is 1. The maximum atomic E-state index is 5.84. The first-order chi connectivity index (χ1) is 7.56. The molecule has 1 aromatic rings. The topological polar surface area (TPSA) is 38.0 Å².